The Morgan fingerprint density at radius 1 is 1.26 bits per heavy atom. The smallest absolute Gasteiger partial charge is 0.257 e. The maximum atomic E-state index is 12.3. The summed E-state index contributed by atoms with van der Waals surface area (Å²) < 4.78 is 5.35. The number of nitrogens with one attached hydrogen (secondary N) is 2. The minimum absolute atomic E-state index is 0.0634. The van der Waals surface area contributed by atoms with Gasteiger partial charge in [0, 0.05) is 36.6 Å². The van der Waals surface area contributed by atoms with Gasteiger partial charge in [0.05, 0.1) is 18.4 Å². The van der Waals surface area contributed by atoms with Gasteiger partial charge in [-0.05, 0) is 43.0 Å². The van der Waals surface area contributed by atoms with E-state index in [4.69, 9.17) is 10.5 Å². The van der Waals surface area contributed by atoms with Crippen LogP contribution in [0.2, 0.25) is 0 Å². The van der Waals surface area contributed by atoms with E-state index in [0.717, 1.165) is 19.3 Å². The van der Waals surface area contributed by atoms with Crippen LogP contribution in [-0.4, -0.2) is 29.9 Å². The van der Waals surface area contributed by atoms with Crippen LogP contribution in [-0.2, 0) is 4.79 Å². The number of aromatic nitrogens is 1. The number of hydrogen-bond donors (Lipinski definition) is 3. The van der Waals surface area contributed by atoms with Crippen molar-refractivity contribution in [3.63, 3.8) is 0 Å². The zero-order valence-corrected chi connectivity index (χ0v) is 15.3. The maximum Gasteiger partial charge on any atom is 0.257 e. The Morgan fingerprint density at radius 2 is 2.11 bits per heavy atom. The van der Waals surface area contributed by atoms with Crippen LogP contribution >= 0.6 is 0 Å². The zero-order chi connectivity index (χ0) is 19.2. The molecule has 1 fully saturated rings. The fourth-order valence-electron chi connectivity index (χ4n) is 3.33. The second kappa shape index (κ2) is 8.64. The molecule has 0 spiro atoms. The summed E-state index contributed by atoms with van der Waals surface area (Å²) in [6.45, 7) is 0. The van der Waals surface area contributed by atoms with Crippen LogP contribution in [0, 0.1) is 5.92 Å². The number of nitrogens with two attached hydrogens (primary N) is 1. The highest BCUT2D eigenvalue weighted by Gasteiger charge is 2.26. The molecule has 2 aromatic rings. The summed E-state index contributed by atoms with van der Waals surface area (Å²) in [5.41, 5.74) is 7.61. The Morgan fingerprint density at radius 3 is 2.78 bits per heavy atom. The predicted molar refractivity (Wildman–Crippen MR) is 104 cm³/mol. The van der Waals surface area contributed by atoms with Crippen molar-refractivity contribution in [1.82, 2.24) is 4.98 Å². The van der Waals surface area contributed by atoms with E-state index >= 15 is 0 Å². The average Bonchev–Trinajstić information content (AvgIpc) is 3.08. The lowest BCUT2D eigenvalue weighted by molar-refractivity contribution is -0.117. The van der Waals surface area contributed by atoms with E-state index in [1.54, 1.807) is 36.5 Å². The van der Waals surface area contributed by atoms with Gasteiger partial charge in [-0.2, -0.15) is 0 Å². The quantitative estimate of drug-likeness (QED) is 0.727. The van der Waals surface area contributed by atoms with Gasteiger partial charge in [0.1, 0.15) is 5.75 Å². The van der Waals surface area contributed by atoms with E-state index in [2.05, 4.69) is 15.6 Å². The van der Waals surface area contributed by atoms with Crippen LogP contribution in [0.3, 0.4) is 0 Å². The molecule has 1 aromatic carbocycles. The molecule has 2 atom stereocenters. The lowest BCUT2D eigenvalue weighted by atomic mass is 10.00. The molecule has 0 radical (unpaired) electrons. The number of hydrogen-bond acceptors (Lipinski definition) is 5. The third kappa shape index (κ3) is 4.83. The van der Waals surface area contributed by atoms with Gasteiger partial charge in [-0.25, -0.2) is 0 Å². The van der Waals surface area contributed by atoms with E-state index in [1.807, 2.05) is 0 Å². The van der Waals surface area contributed by atoms with Crippen LogP contribution in [0.4, 0.5) is 11.4 Å². The molecule has 0 bridgehead atoms. The van der Waals surface area contributed by atoms with Crippen LogP contribution in [0.15, 0.2) is 42.7 Å². The summed E-state index contributed by atoms with van der Waals surface area (Å²) in [4.78, 5) is 28.5. The molecular formula is C20H24N4O3. The minimum Gasteiger partial charge on any atom is -0.494 e. The van der Waals surface area contributed by atoms with Crippen LogP contribution in [0.5, 0.6) is 5.75 Å². The fourth-order valence-corrected chi connectivity index (χ4v) is 3.33. The van der Waals surface area contributed by atoms with Crippen molar-refractivity contribution in [2.75, 3.05) is 17.7 Å². The molecule has 3 rings (SSSR count). The highest BCUT2D eigenvalue weighted by atomic mass is 16.5. The number of amides is 2. The highest BCUT2D eigenvalue weighted by molar-refractivity contribution is 6.05. The Labute approximate surface area is 158 Å². The number of carbonyl (C=O) groups is 2. The van der Waals surface area contributed by atoms with Gasteiger partial charge in [0.15, 0.2) is 0 Å². The number of rotatable bonds is 6. The SMILES string of the molecule is COc1cc(NC(=O)C[C@@H]2CCC[C@H]2N)ccc1NC(=O)c1cccnc1. The lowest BCUT2D eigenvalue weighted by Crippen LogP contribution is -2.28. The summed E-state index contributed by atoms with van der Waals surface area (Å²) in [6, 6.07) is 8.59. The van der Waals surface area contributed by atoms with Gasteiger partial charge in [-0.15, -0.1) is 0 Å². The summed E-state index contributed by atoms with van der Waals surface area (Å²) in [5, 5.41) is 5.67. The lowest BCUT2D eigenvalue weighted by Gasteiger charge is -2.16. The number of ether oxygens (including phenoxy) is 1. The Hall–Kier alpha value is -2.93. The van der Waals surface area contributed by atoms with Crippen molar-refractivity contribution in [3.05, 3.63) is 48.3 Å². The molecule has 4 N–H and O–H groups in total. The van der Waals surface area contributed by atoms with Crippen LogP contribution in [0.1, 0.15) is 36.0 Å². The first-order chi connectivity index (χ1) is 13.1. The van der Waals surface area contributed by atoms with E-state index in [9.17, 15) is 9.59 Å². The molecule has 27 heavy (non-hydrogen) atoms. The van der Waals surface area contributed by atoms with Crippen molar-refractivity contribution in [2.45, 2.75) is 31.7 Å². The zero-order valence-electron chi connectivity index (χ0n) is 15.3. The van der Waals surface area contributed by atoms with E-state index < -0.39 is 0 Å². The normalized spacial score (nSPS) is 18.7. The highest BCUT2D eigenvalue weighted by Crippen LogP contribution is 2.30. The first-order valence-electron chi connectivity index (χ1n) is 9.01. The molecule has 1 aliphatic carbocycles. The van der Waals surface area contributed by atoms with Crippen molar-refractivity contribution in [3.8, 4) is 5.75 Å². The van der Waals surface area contributed by atoms with Gasteiger partial charge in [-0.3, -0.25) is 14.6 Å². The minimum atomic E-state index is -0.284. The molecule has 0 unspecified atom stereocenters. The van der Waals surface area contributed by atoms with Crippen molar-refractivity contribution in [2.24, 2.45) is 11.7 Å². The molecule has 1 heterocycles. The summed E-state index contributed by atoms with van der Waals surface area (Å²) >= 11 is 0. The van der Waals surface area contributed by atoms with E-state index in [-0.39, 0.29) is 23.8 Å². The number of pyridine rings is 1. The van der Waals surface area contributed by atoms with Crippen LogP contribution < -0.4 is 21.1 Å². The monoisotopic (exact) mass is 368 g/mol. The summed E-state index contributed by atoms with van der Waals surface area (Å²) in [6.07, 6.45) is 6.58. The topological polar surface area (TPSA) is 106 Å². The molecule has 0 aliphatic heterocycles. The van der Waals surface area contributed by atoms with Crippen LogP contribution in [0.25, 0.3) is 0 Å². The molecule has 1 aliphatic rings. The standard InChI is InChI=1S/C20H24N4O3/c1-27-18-11-15(23-19(25)10-13-4-2-6-16(13)21)7-8-17(18)24-20(26)14-5-3-9-22-12-14/h3,5,7-9,11-13,16H,2,4,6,10,21H2,1H3,(H,23,25)(H,24,26)/t13-,16+/m0/s1. The second-order valence-electron chi connectivity index (χ2n) is 6.72. The van der Waals surface area contributed by atoms with Gasteiger partial charge in [0.25, 0.3) is 5.91 Å². The summed E-state index contributed by atoms with van der Waals surface area (Å²) in [7, 11) is 1.51. The Kier molecular flexibility index (Phi) is 6.03. The predicted octanol–water partition coefficient (Wildman–Crippen LogP) is 2.80. The number of carbonyl (C=O) groups excluding carboxylic acids is 2. The molecule has 7 nitrogen and oxygen atoms in total. The Bertz CT molecular complexity index is 810. The van der Waals surface area contributed by atoms with Gasteiger partial charge in [0.2, 0.25) is 5.91 Å². The molecule has 0 saturated heterocycles. The fraction of sp³-hybridized carbons (Fsp3) is 0.350. The van der Waals surface area contributed by atoms with Gasteiger partial charge in [-0.1, -0.05) is 6.42 Å². The van der Waals surface area contributed by atoms with Gasteiger partial charge < -0.3 is 21.1 Å². The molecule has 1 saturated carbocycles. The summed E-state index contributed by atoms with van der Waals surface area (Å²) in [5.74, 6) is 0.354. The number of nitrogens with zero attached hydrogens (tertiary/aromatic N) is 1. The van der Waals surface area contributed by atoms with Crippen molar-refractivity contribution in [1.29, 1.82) is 0 Å². The van der Waals surface area contributed by atoms with Gasteiger partial charge >= 0.3 is 0 Å². The first kappa shape index (κ1) is 18.8. The third-order valence-electron chi connectivity index (χ3n) is 4.82. The number of methoxy groups -OCH3 is 1. The average molecular weight is 368 g/mol. The second-order valence-corrected chi connectivity index (χ2v) is 6.72. The van der Waals surface area contributed by atoms with Crippen molar-refractivity contribution < 1.29 is 14.3 Å². The number of anilines is 2. The molecule has 142 valence electrons. The van der Waals surface area contributed by atoms with Crippen molar-refractivity contribution >= 4 is 23.2 Å². The molecule has 2 amide bonds. The molecule has 1 aromatic heterocycles. The maximum absolute atomic E-state index is 12.3. The third-order valence-corrected chi connectivity index (χ3v) is 4.82. The Balaban J connectivity index is 1.65. The number of benzene rings is 1. The molecular weight excluding hydrogens is 344 g/mol. The van der Waals surface area contributed by atoms with E-state index in [0.29, 0.717) is 29.1 Å². The first-order valence-corrected chi connectivity index (χ1v) is 9.01. The molecule has 7 heteroatoms. The largest absolute Gasteiger partial charge is 0.494 e. The van der Waals surface area contributed by atoms with E-state index in [1.165, 1.54) is 13.3 Å².